The van der Waals surface area contributed by atoms with Gasteiger partial charge >= 0.3 is 0 Å². The van der Waals surface area contributed by atoms with Crippen LogP contribution in [0.25, 0.3) is 0 Å². The van der Waals surface area contributed by atoms with Crippen molar-refractivity contribution in [3.63, 3.8) is 0 Å². The van der Waals surface area contributed by atoms with E-state index < -0.39 is 0 Å². The van der Waals surface area contributed by atoms with Crippen molar-refractivity contribution in [3.8, 4) is 0 Å². The molecule has 0 saturated carbocycles. The van der Waals surface area contributed by atoms with Gasteiger partial charge in [-0.05, 0) is 13.8 Å². The lowest BCUT2D eigenvalue weighted by atomic mass is 10.3. The first-order valence-electron chi connectivity index (χ1n) is 6.85. The summed E-state index contributed by atoms with van der Waals surface area (Å²) in [6.45, 7) is 14.7. The Morgan fingerprint density at radius 3 is 1.94 bits per heavy atom. The zero-order valence-electron chi connectivity index (χ0n) is 11.9. The van der Waals surface area contributed by atoms with E-state index in [0.29, 0.717) is 12.1 Å². The Morgan fingerprint density at radius 2 is 1.65 bits per heavy atom. The molecule has 2 aliphatic rings. The minimum absolute atomic E-state index is 0.564. The first kappa shape index (κ1) is 16.8. The van der Waals surface area contributed by atoms with Crippen LogP contribution in [0.15, 0.2) is 0 Å². The summed E-state index contributed by atoms with van der Waals surface area (Å²) in [4.78, 5) is 0. The molecule has 0 aromatic carbocycles. The highest BCUT2D eigenvalue weighted by Gasteiger charge is 2.10. The van der Waals surface area contributed by atoms with Crippen LogP contribution in [0.2, 0.25) is 0 Å². The summed E-state index contributed by atoms with van der Waals surface area (Å²) < 4.78 is 0. The normalized spacial score (nSPS) is 29.5. The van der Waals surface area contributed by atoms with Gasteiger partial charge in [-0.2, -0.15) is 0 Å². The molecule has 2 rings (SSSR count). The quantitative estimate of drug-likeness (QED) is 0.443. The summed E-state index contributed by atoms with van der Waals surface area (Å²) >= 11 is 0. The first-order chi connectivity index (χ1) is 8.18. The third kappa shape index (κ3) is 9.50. The van der Waals surface area contributed by atoms with Crippen molar-refractivity contribution in [3.05, 3.63) is 0 Å². The molecule has 2 unspecified atom stereocenters. The van der Waals surface area contributed by atoms with E-state index >= 15 is 0 Å². The summed E-state index contributed by atoms with van der Waals surface area (Å²) in [6.07, 6.45) is 0. The Balaban J connectivity index is 0.000000265. The summed E-state index contributed by atoms with van der Waals surface area (Å²) in [5.41, 5.74) is 0. The lowest BCUT2D eigenvalue weighted by Gasteiger charge is -2.27. The maximum atomic E-state index is 5.52. The molecule has 104 valence electrons. The Labute approximate surface area is 106 Å². The van der Waals surface area contributed by atoms with E-state index in [1.807, 2.05) is 18.9 Å². The van der Waals surface area contributed by atoms with E-state index in [4.69, 9.17) is 5.84 Å². The van der Waals surface area contributed by atoms with Crippen LogP contribution in [-0.2, 0) is 0 Å². The predicted octanol–water partition coefficient (Wildman–Crippen LogP) is -0.252. The Bertz CT molecular complexity index is 151. The highest BCUT2D eigenvalue weighted by atomic mass is 15.4. The lowest BCUT2D eigenvalue weighted by Crippen LogP contribution is -2.51. The van der Waals surface area contributed by atoms with Crippen LogP contribution >= 0.6 is 0 Å². The number of piperazine rings is 2. The number of nitrogens with zero attached hydrogens (tertiary/aromatic N) is 1. The Kier molecular flexibility index (Phi) is 10.8. The van der Waals surface area contributed by atoms with Gasteiger partial charge in [-0.1, -0.05) is 13.8 Å². The van der Waals surface area contributed by atoms with Gasteiger partial charge in [0, 0.05) is 51.4 Å². The summed E-state index contributed by atoms with van der Waals surface area (Å²) in [6, 6.07) is 1.24. The van der Waals surface area contributed by atoms with Crippen molar-refractivity contribution in [2.75, 3.05) is 39.3 Å². The van der Waals surface area contributed by atoms with Gasteiger partial charge in [0.2, 0.25) is 0 Å². The van der Waals surface area contributed by atoms with Crippen molar-refractivity contribution in [1.82, 2.24) is 21.0 Å². The molecule has 5 nitrogen and oxygen atoms in total. The third-order valence-electron chi connectivity index (χ3n) is 2.65. The summed E-state index contributed by atoms with van der Waals surface area (Å²) in [7, 11) is 0. The molecule has 5 heteroatoms. The minimum atomic E-state index is 0.564. The fourth-order valence-electron chi connectivity index (χ4n) is 1.76. The van der Waals surface area contributed by atoms with Gasteiger partial charge in [0.25, 0.3) is 0 Å². The van der Waals surface area contributed by atoms with Crippen molar-refractivity contribution in [2.24, 2.45) is 5.84 Å². The van der Waals surface area contributed by atoms with E-state index in [-0.39, 0.29) is 0 Å². The Hall–Kier alpha value is -0.200. The number of hydrazine groups is 1. The first-order valence-corrected chi connectivity index (χ1v) is 6.85. The molecule has 0 amide bonds. The van der Waals surface area contributed by atoms with Crippen LogP contribution < -0.4 is 21.8 Å². The molecule has 2 atom stereocenters. The molecular formula is C12H31N5. The Morgan fingerprint density at radius 1 is 1.00 bits per heavy atom. The molecule has 0 aromatic heterocycles. The fraction of sp³-hybridized carbons (Fsp3) is 1.00. The maximum Gasteiger partial charge on any atom is 0.0280 e. The van der Waals surface area contributed by atoms with Crippen LogP contribution in [0.5, 0.6) is 0 Å². The lowest BCUT2D eigenvalue weighted by molar-refractivity contribution is 0.212. The second-order valence-corrected chi connectivity index (χ2v) is 4.41. The SMILES string of the molecule is CC.CC1CN(N)CCN1.CC1CNCCN1. The van der Waals surface area contributed by atoms with Crippen molar-refractivity contribution >= 4 is 0 Å². The van der Waals surface area contributed by atoms with E-state index in [2.05, 4.69) is 29.8 Å². The topological polar surface area (TPSA) is 65.3 Å². The van der Waals surface area contributed by atoms with E-state index in [1.165, 1.54) is 0 Å². The van der Waals surface area contributed by atoms with Crippen LogP contribution in [-0.4, -0.2) is 56.4 Å². The largest absolute Gasteiger partial charge is 0.314 e. The van der Waals surface area contributed by atoms with Crippen LogP contribution in [0.4, 0.5) is 0 Å². The molecule has 0 radical (unpaired) electrons. The molecule has 0 spiro atoms. The van der Waals surface area contributed by atoms with Crippen molar-refractivity contribution in [2.45, 2.75) is 39.8 Å². The molecule has 2 heterocycles. The molecule has 0 aromatic rings. The summed E-state index contributed by atoms with van der Waals surface area (Å²) in [5.74, 6) is 5.52. The average Bonchev–Trinajstić information content (AvgIpc) is 2.33. The van der Waals surface area contributed by atoms with Crippen LogP contribution in [0.1, 0.15) is 27.7 Å². The smallest absolute Gasteiger partial charge is 0.0280 e. The molecule has 5 N–H and O–H groups in total. The van der Waals surface area contributed by atoms with E-state index in [1.54, 1.807) is 0 Å². The number of rotatable bonds is 0. The number of nitrogens with two attached hydrogens (primary N) is 1. The van der Waals surface area contributed by atoms with Crippen molar-refractivity contribution in [1.29, 1.82) is 0 Å². The molecule has 0 bridgehead atoms. The molecule has 2 fully saturated rings. The molecular weight excluding hydrogens is 214 g/mol. The van der Waals surface area contributed by atoms with Gasteiger partial charge in [-0.25, -0.2) is 5.01 Å². The number of hydrogen-bond donors (Lipinski definition) is 4. The molecule has 2 saturated heterocycles. The molecule has 0 aliphatic carbocycles. The highest BCUT2D eigenvalue weighted by molar-refractivity contribution is 4.70. The number of hydrogen-bond acceptors (Lipinski definition) is 5. The monoisotopic (exact) mass is 245 g/mol. The van der Waals surface area contributed by atoms with E-state index in [0.717, 1.165) is 39.3 Å². The van der Waals surface area contributed by atoms with Gasteiger partial charge in [-0.3, -0.25) is 5.84 Å². The zero-order chi connectivity index (χ0) is 13.1. The standard InChI is InChI=1S/C5H13N3.C5H12N2.C2H6/c1-5-4-8(6)3-2-7-5;1-5-4-6-2-3-7-5;1-2/h5,7H,2-4,6H2,1H3;5-7H,2-4H2,1H3;1-2H3. The third-order valence-corrected chi connectivity index (χ3v) is 2.65. The molecule has 2 aliphatic heterocycles. The van der Waals surface area contributed by atoms with Gasteiger partial charge in [-0.15, -0.1) is 0 Å². The van der Waals surface area contributed by atoms with Gasteiger partial charge in [0.05, 0.1) is 0 Å². The van der Waals surface area contributed by atoms with Crippen LogP contribution in [0.3, 0.4) is 0 Å². The predicted molar refractivity (Wildman–Crippen MR) is 74.9 cm³/mol. The fourth-order valence-corrected chi connectivity index (χ4v) is 1.76. The van der Waals surface area contributed by atoms with Gasteiger partial charge in [0.1, 0.15) is 0 Å². The van der Waals surface area contributed by atoms with Crippen LogP contribution in [0, 0.1) is 0 Å². The average molecular weight is 245 g/mol. The van der Waals surface area contributed by atoms with E-state index in [9.17, 15) is 0 Å². The minimum Gasteiger partial charge on any atom is -0.314 e. The second kappa shape index (κ2) is 10.9. The highest BCUT2D eigenvalue weighted by Crippen LogP contribution is 1.90. The second-order valence-electron chi connectivity index (χ2n) is 4.41. The number of nitrogens with one attached hydrogen (secondary N) is 3. The van der Waals surface area contributed by atoms with Crippen molar-refractivity contribution < 1.29 is 0 Å². The van der Waals surface area contributed by atoms with Gasteiger partial charge < -0.3 is 16.0 Å². The maximum absolute atomic E-state index is 5.52. The molecule has 17 heavy (non-hydrogen) atoms. The zero-order valence-corrected chi connectivity index (χ0v) is 11.9. The van der Waals surface area contributed by atoms with Gasteiger partial charge in [0.15, 0.2) is 0 Å². The summed E-state index contributed by atoms with van der Waals surface area (Å²) in [5, 5.41) is 11.7.